The van der Waals surface area contributed by atoms with Gasteiger partial charge in [0.2, 0.25) is 12.2 Å². The Morgan fingerprint density at radius 2 is 1.65 bits per heavy atom. The number of ether oxygens (including phenoxy) is 5. The third-order valence-electron chi connectivity index (χ3n) is 9.73. The minimum atomic E-state index is -2.75. The van der Waals surface area contributed by atoms with Gasteiger partial charge in [-0.15, -0.1) is 0 Å². The number of carbonyl (C=O) groups is 6. The van der Waals surface area contributed by atoms with Gasteiger partial charge in [0.05, 0.1) is 31.0 Å². The number of carbonyl (C=O) groups excluding carboxylic acids is 3. The highest BCUT2D eigenvalue weighted by Gasteiger charge is 2.72. The molecule has 4 aliphatic rings. The minimum Gasteiger partial charge on any atom is -0.493 e. The fourth-order valence-electron chi connectivity index (χ4n) is 7.49. The molecule has 1 spiro atoms. The predicted molar refractivity (Wildman–Crippen MR) is 152 cm³/mol. The molecule has 1 fully saturated rings. The number of aliphatic hydroxyl groups is 3. The minimum absolute atomic E-state index is 0.0434. The molecule has 1 aromatic carbocycles. The Balaban J connectivity index is 1.43. The van der Waals surface area contributed by atoms with Gasteiger partial charge >= 0.3 is 35.8 Å². The number of aliphatic hydroxyl groups excluding tert-OH is 2. The van der Waals surface area contributed by atoms with E-state index in [4.69, 9.17) is 29.2 Å². The molecule has 17 nitrogen and oxygen atoms in total. The molecular weight excluding hydrogens is 644 g/mol. The lowest BCUT2D eigenvalue weighted by Crippen LogP contribution is -2.69. The number of carboxylic acids is 3. The first kappa shape index (κ1) is 34.6. The fraction of sp³-hybridized carbons (Fsp3) is 0.548. The lowest BCUT2D eigenvalue weighted by Gasteiger charge is -2.61. The SMILES string of the molecule is COc1ccc2c3c1O[C@H]1C(OC(=O)C[C@H](OC(=O)[C@H](O)[C@@H](O)C(=O)O)C(=O)O[C@@H](CC(=O)O)C(=O)O)=CC[C@@]4(O)[C@@H](C2)C(C)CC[C@]314. The Morgan fingerprint density at radius 3 is 2.27 bits per heavy atom. The zero-order valence-corrected chi connectivity index (χ0v) is 25.7. The first-order valence-corrected chi connectivity index (χ1v) is 15.0. The fourth-order valence-corrected chi connectivity index (χ4v) is 7.49. The van der Waals surface area contributed by atoms with Crippen LogP contribution in [0.5, 0.6) is 11.5 Å². The van der Waals surface area contributed by atoms with E-state index in [1.807, 2.05) is 6.07 Å². The van der Waals surface area contributed by atoms with E-state index >= 15 is 0 Å². The van der Waals surface area contributed by atoms with Crippen molar-refractivity contribution in [3.63, 3.8) is 0 Å². The van der Waals surface area contributed by atoms with Crippen LogP contribution in [0.1, 0.15) is 50.2 Å². The standard InChI is InChI=1S/C31H34O17/c1-12-5-7-30-21-13-3-4-15(44-2)24(21)48-25(30)16(6-8-31(30,43)14(12)9-13)45-20(34)11-18(47-29(42)23(36)22(35)27(39)40)28(41)46-17(26(37)38)10-19(32)33/h3-4,6,12,14,17-18,22-23,25,35-36,43H,5,7-11H2,1-2H3,(H,32,33)(H,37,38)(H,39,40)/t12?,14-,17-,18-,22+,23+,25-,30-,31+/m0/s1. The van der Waals surface area contributed by atoms with Crippen molar-refractivity contribution >= 4 is 35.8 Å². The quantitative estimate of drug-likeness (QED) is 0.113. The molecule has 3 aliphatic carbocycles. The molecular formula is C31H34O17. The number of rotatable bonds is 13. The normalized spacial score (nSPS) is 28.6. The summed E-state index contributed by atoms with van der Waals surface area (Å²) in [4.78, 5) is 72.3. The summed E-state index contributed by atoms with van der Waals surface area (Å²) in [7, 11) is 1.46. The summed E-state index contributed by atoms with van der Waals surface area (Å²) in [6.45, 7) is 2.06. The second kappa shape index (κ2) is 12.7. The van der Waals surface area contributed by atoms with E-state index in [1.54, 1.807) is 6.07 Å². The second-order valence-electron chi connectivity index (χ2n) is 12.4. The average Bonchev–Trinajstić information content (AvgIpc) is 3.38. The van der Waals surface area contributed by atoms with E-state index in [9.17, 15) is 49.2 Å². The Bertz CT molecular complexity index is 1580. The maximum Gasteiger partial charge on any atom is 0.348 e. The van der Waals surface area contributed by atoms with Crippen LogP contribution < -0.4 is 9.47 Å². The Kier molecular flexibility index (Phi) is 9.15. The van der Waals surface area contributed by atoms with Crippen molar-refractivity contribution in [1.82, 2.24) is 0 Å². The summed E-state index contributed by atoms with van der Waals surface area (Å²) in [5.41, 5.74) is -0.624. The topological polar surface area (TPSA) is 270 Å². The van der Waals surface area contributed by atoms with E-state index in [2.05, 4.69) is 11.7 Å². The van der Waals surface area contributed by atoms with Gasteiger partial charge < -0.3 is 54.3 Å². The van der Waals surface area contributed by atoms with Gasteiger partial charge in [0.25, 0.3) is 0 Å². The molecule has 0 radical (unpaired) electrons. The van der Waals surface area contributed by atoms with Crippen molar-refractivity contribution in [2.45, 2.75) is 87.0 Å². The molecule has 1 aromatic rings. The molecule has 260 valence electrons. The summed E-state index contributed by atoms with van der Waals surface area (Å²) in [5.74, 6) is -9.77. The van der Waals surface area contributed by atoms with E-state index in [0.29, 0.717) is 24.3 Å². The Hall–Kier alpha value is -4.74. The van der Waals surface area contributed by atoms with Gasteiger partial charge in [-0.3, -0.25) is 9.59 Å². The van der Waals surface area contributed by atoms with Crippen LogP contribution in [0.15, 0.2) is 24.0 Å². The molecule has 17 heteroatoms. The zero-order chi connectivity index (χ0) is 35.3. The Labute approximate surface area is 271 Å². The second-order valence-corrected chi connectivity index (χ2v) is 12.4. The summed E-state index contributed by atoms with van der Waals surface area (Å²) < 4.78 is 27.0. The van der Waals surface area contributed by atoms with Gasteiger partial charge in [-0.25, -0.2) is 19.2 Å². The maximum atomic E-state index is 13.3. The molecule has 2 bridgehead atoms. The van der Waals surface area contributed by atoms with E-state index in [1.165, 1.54) is 13.2 Å². The van der Waals surface area contributed by atoms with E-state index < -0.39 is 90.2 Å². The van der Waals surface area contributed by atoms with Crippen molar-refractivity contribution in [1.29, 1.82) is 0 Å². The first-order valence-electron chi connectivity index (χ1n) is 15.0. The number of methoxy groups -OCH3 is 1. The molecule has 0 aromatic heterocycles. The summed E-state index contributed by atoms with van der Waals surface area (Å²) in [5, 5.41) is 58.9. The van der Waals surface area contributed by atoms with Crippen molar-refractivity contribution in [2.75, 3.05) is 7.11 Å². The van der Waals surface area contributed by atoms with Gasteiger partial charge in [0.15, 0.2) is 29.8 Å². The predicted octanol–water partition coefficient (Wildman–Crippen LogP) is -0.562. The van der Waals surface area contributed by atoms with Gasteiger partial charge in [-0.1, -0.05) is 13.0 Å². The van der Waals surface area contributed by atoms with Crippen LogP contribution in [0, 0.1) is 11.8 Å². The van der Waals surface area contributed by atoms with Crippen molar-refractivity contribution in [2.24, 2.45) is 11.8 Å². The van der Waals surface area contributed by atoms with Crippen LogP contribution in [0.25, 0.3) is 0 Å². The smallest absolute Gasteiger partial charge is 0.348 e. The maximum absolute atomic E-state index is 13.3. The number of hydrogen-bond donors (Lipinski definition) is 6. The number of esters is 3. The molecule has 1 saturated carbocycles. The lowest BCUT2D eigenvalue weighted by molar-refractivity contribution is -0.188. The van der Waals surface area contributed by atoms with Crippen LogP contribution in [-0.2, 0) is 54.8 Å². The highest BCUT2D eigenvalue weighted by Crippen LogP contribution is 2.68. The van der Waals surface area contributed by atoms with Crippen molar-refractivity contribution < 1.29 is 83.1 Å². The van der Waals surface area contributed by atoms with Crippen molar-refractivity contribution in [3.05, 3.63) is 35.1 Å². The monoisotopic (exact) mass is 678 g/mol. The van der Waals surface area contributed by atoms with Crippen LogP contribution >= 0.6 is 0 Å². The Morgan fingerprint density at radius 1 is 0.958 bits per heavy atom. The van der Waals surface area contributed by atoms with Crippen molar-refractivity contribution in [3.8, 4) is 11.5 Å². The zero-order valence-electron chi connectivity index (χ0n) is 25.7. The van der Waals surface area contributed by atoms with Crippen LogP contribution in [0.2, 0.25) is 0 Å². The largest absolute Gasteiger partial charge is 0.493 e. The first-order chi connectivity index (χ1) is 22.5. The van der Waals surface area contributed by atoms with Gasteiger partial charge in [-0.2, -0.15) is 0 Å². The highest BCUT2D eigenvalue weighted by atomic mass is 16.6. The van der Waals surface area contributed by atoms with E-state index in [0.717, 1.165) is 17.5 Å². The summed E-state index contributed by atoms with van der Waals surface area (Å²) >= 11 is 0. The molecule has 6 N–H and O–H groups in total. The molecule has 1 aliphatic heterocycles. The van der Waals surface area contributed by atoms with Crippen LogP contribution in [0.4, 0.5) is 0 Å². The summed E-state index contributed by atoms with van der Waals surface area (Å²) in [6.07, 6.45) is -10.3. The molecule has 48 heavy (non-hydrogen) atoms. The number of benzene rings is 1. The van der Waals surface area contributed by atoms with Gasteiger partial charge in [0, 0.05) is 5.56 Å². The molecule has 1 unspecified atom stereocenters. The highest BCUT2D eigenvalue weighted by molar-refractivity contribution is 5.90. The van der Waals surface area contributed by atoms with Crippen LogP contribution in [0.3, 0.4) is 0 Å². The summed E-state index contributed by atoms with van der Waals surface area (Å²) in [6, 6.07) is 3.66. The number of carboxylic acid groups (broad SMARTS) is 3. The van der Waals surface area contributed by atoms with Crippen LogP contribution in [-0.4, -0.2) is 110 Å². The lowest BCUT2D eigenvalue weighted by atomic mass is 9.45. The molecule has 0 amide bonds. The molecule has 0 saturated heterocycles. The van der Waals surface area contributed by atoms with Gasteiger partial charge in [-0.05, 0) is 55.2 Å². The molecule has 5 rings (SSSR count). The van der Waals surface area contributed by atoms with E-state index in [-0.39, 0.29) is 24.0 Å². The third-order valence-corrected chi connectivity index (χ3v) is 9.73. The third kappa shape index (κ3) is 5.60. The van der Waals surface area contributed by atoms with Gasteiger partial charge in [0.1, 0.15) is 5.76 Å². The molecule has 9 atom stereocenters. The number of aliphatic carboxylic acids is 3. The molecule has 1 heterocycles. The number of hydrogen-bond acceptors (Lipinski definition) is 14. The average molecular weight is 679 g/mol.